The lowest BCUT2D eigenvalue weighted by Crippen LogP contribution is -2.22. The highest BCUT2D eigenvalue weighted by Gasteiger charge is 2.19. The van der Waals surface area contributed by atoms with Gasteiger partial charge in [-0.05, 0) is 37.1 Å². The Morgan fingerprint density at radius 1 is 1.07 bits per heavy atom. The van der Waals surface area contributed by atoms with E-state index in [0.29, 0.717) is 17.5 Å². The summed E-state index contributed by atoms with van der Waals surface area (Å²) in [5, 5.41) is 5.53. The van der Waals surface area contributed by atoms with Crippen LogP contribution in [0.5, 0.6) is 0 Å². The fraction of sp³-hybridized carbons (Fsp3) is 0.353. The van der Waals surface area contributed by atoms with E-state index in [9.17, 15) is 13.2 Å². The minimum absolute atomic E-state index is 0.0731. The first kappa shape index (κ1) is 18.9. The predicted molar refractivity (Wildman–Crippen MR) is 105 cm³/mol. The van der Waals surface area contributed by atoms with Crippen molar-refractivity contribution in [2.45, 2.75) is 24.7 Å². The maximum absolute atomic E-state index is 12.7. The van der Waals surface area contributed by atoms with Gasteiger partial charge in [0.2, 0.25) is 11.9 Å². The molecule has 0 spiro atoms. The van der Waals surface area contributed by atoms with Crippen molar-refractivity contribution in [1.29, 1.82) is 0 Å². The molecule has 1 saturated heterocycles. The molecule has 0 unspecified atom stereocenters. The number of sulfonamides is 1. The zero-order chi connectivity index (χ0) is 19.4. The van der Waals surface area contributed by atoms with Crippen LogP contribution in [0.4, 0.5) is 23.3 Å². The lowest BCUT2D eigenvalue weighted by atomic mass is 10.3. The molecule has 1 aromatic carbocycles. The molecule has 0 aliphatic carbocycles. The monoisotopic (exact) mass is 390 g/mol. The van der Waals surface area contributed by atoms with Crippen LogP contribution >= 0.6 is 0 Å². The molecule has 10 heteroatoms. The van der Waals surface area contributed by atoms with Gasteiger partial charge in [0, 0.05) is 38.8 Å². The highest BCUT2D eigenvalue weighted by Crippen LogP contribution is 2.23. The number of aromatic nitrogens is 2. The van der Waals surface area contributed by atoms with Crippen LogP contribution in [0.25, 0.3) is 0 Å². The van der Waals surface area contributed by atoms with E-state index in [1.807, 2.05) is 4.90 Å². The number of anilines is 4. The predicted octanol–water partition coefficient (Wildman–Crippen LogP) is 1.88. The highest BCUT2D eigenvalue weighted by molar-refractivity contribution is 7.92. The second-order valence-corrected chi connectivity index (χ2v) is 7.88. The largest absolute Gasteiger partial charge is 0.373 e. The Kier molecular flexibility index (Phi) is 5.45. The Morgan fingerprint density at radius 3 is 2.30 bits per heavy atom. The van der Waals surface area contributed by atoms with Crippen LogP contribution in [-0.4, -0.2) is 44.4 Å². The molecule has 144 valence electrons. The number of nitrogens with zero attached hydrogens (tertiary/aromatic N) is 3. The van der Waals surface area contributed by atoms with Gasteiger partial charge in [0.15, 0.2) is 0 Å². The first-order valence-corrected chi connectivity index (χ1v) is 10.1. The summed E-state index contributed by atoms with van der Waals surface area (Å²) in [6.45, 7) is 3.09. The van der Waals surface area contributed by atoms with Crippen LogP contribution < -0.4 is 20.3 Å². The Morgan fingerprint density at radius 2 is 1.70 bits per heavy atom. The van der Waals surface area contributed by atoms with Gasteiger partial charge in [-0.15, -0.1) is 0 Å². The number of hydrogen-bond donors (Lipinski definition) is 3. The quantitative estimate of drug-likeness (QED) is 0.689. The fourth-order valence-corrected chi connectivity index (χ4v) is 3.78. The molecule has 2 aromatic rings. The number of carbonyl (C=O) groups excluding carboxylic acids is 1. The molecular weight excluding hydrogens is 368 g/mol. The lowest BCUT2D eigenvalue weighted by Gasteiger charge is -2.17. The zero-order valence-electron chi connectivity index (χ0n) is 15.2. The van der Waals surface area contributed by atoms with Crippen molar-refractivity contribution in [1.82, 2.24) is 9.97 Å². The van der Waals surface area contributed by atoms with Crippen LogP contribution in [0.2, 0.25) is 0 Å². The Balaban J connectivity index is 1.84. The first-order chi connectivity index (χ1) is 12.9. The van der Waals surface area contributed by atoms with Crippen molar-refractivity contribution < 1.29 is 13.2 Å². The molecule has 27 heavy (non-hydrogen) atoms. The van der Waals surface area contributed by atoms with Gasteiger partial charge < -0.3 is 15.5 Å². The molecule has 0 bridgehead atoms. The number of nitrogens with one attached hydrogen (secondary N) is 3. The van der Waals surface area contributed by atoms with E-state index >= 15 is 0 Å². The number of amides is 1. The molecule has 3 N–H and O–H groups in total. The normalized spacial score (nSPS) is 14.1. The molecule has 1 fully saturated rings. The number of rotatable bonds is 6. The van der Waals surface area contributed by atoms with E-state index in [0.717, 1.165) is 25.9 Å². The number of hydrogen-bond acceptors (Lipinski definition) is 7. The molecule has 1 aromatic heterocycles. The first-order valence-electron chi connectivity index (χ1n) is 8.59. The lowest BCUT2D eigenvalue weighted by molar-refractivity contribution is -0.114. The fourth-order valence-electron chi connectivity index (χ4n) is 2.79. The van der Waals surface area contributed by atoms with Crippen LogP contribution in [-0.2, 0) is 14.8 Å². The number of benzene rings is 1. The third-order valence-electron chi connectivity index (χ3n) is 4.08. The maximum atomic E-state index is 12.7. The average Bonchev–Trinajstić information content (AvgIpc) is 3.15. The van der Waals surface area contributed by atoms with Crippen LogP contribution in [0.15, 0.2) is 35.2 Å². The van der Waals surface area contributed by atoms with E-state index in [1.165, 1.54) is 31.2 Å². The van der Waals surface area contributed by atoms with Crippen LogP contribution in [0.1, 0.15) is 19.8 Å². The summed E-state index contributed by atoms with van der Waals surface area (Å²) in [4.78, 5) is 21.9. The summed E-state index contributed by atoms with van der Waals surface area (Å²) in [6.07, 6.45) is 2.13. The van der Waals surface area contributed by atoms with E-state index in [1.54, 1.807) is 13.1 Å². The smallest absolute Gasteiger partial charge is 0.263 e. The van der Waals surface area contributed by atoms with Crippen molar-refractivity contribution in [2.24, 2.45) is 0 Å². The van der Waals surface area contributed by atoms with E-state index < -0.39 is 10.0 Å². The van der Waals surface area contributed by atoms with E-state index in [4.69, 9.17) is 0 Å². The average molecular weight is 390 g/mol. The van der Waals surface area contributed by atoms with Crippen molar-refractivity contribution in [3.63, 3.8) is 0 Å². The molecule has 0 saturated carbocycles. The maximum Gasteiger partial charge on any atom is 0.263 e. The molecule has 1 amide bonds. The second kappa shape index (κ2) is 7.78. The summed E-state index contributed by atoms with van der Waals surface area (Å²) < 4.78 is 27.8. The minimum atomic E-state index is -3.82. The Bertz CT molecular complexity index is 924. The van der Waals surface area contributed by atoms with Crippen LogP contribution in [0.3, 0.4) is 0 Å². The summed E-state index contributed by atoms with van der Waals surface area (Å²) in [5.74, 6) is 1.00. The van der Waals surface area contributed by atoms with Gasteiger partial charge in [0.1, 0.15) is 11.6 Å². The highest BCUT2D eigenvalue weighted by atomic mass is 32.2. The molecule has 0 atom stereocenters. The summed E-state index contributed by atoms with van der Waals surface area (Å²) in [6, 6.07) is 7.46. The van der Waals surface area contributed by atoms with Crippen molar-refractivity contribution in [3.8, 4) is 0 Å². The van der Waals surface area contributed by atoms with Gasteiger partial charge in [-0.3, -0.25) is 9.52 Å². The molecule has 9 nitrogen and oxygen atoms in total. The standard InChI is InChI=1S/C17H22N6O3S/c1-12(24)19-13-5-7-14(8-6-13)27(25,26)22-16-11-15(18-2)20-17(21-16)23-9-3-4-10-23/h5-8,11H,3-4,9-10H2,1-2H3,(H,19,24)(H2,18,20,21,22). The van der Waals surface area contributed by atoms with Crippen molar-refractivity contribution in [2.75, 3.05) is 40.4 Å². The van der Waals surface area contributed by atoms with Crippen molar-refractivity contribution >= 4 is 39.2 Å². The van der Waals surface area contributed by atoms with E-state index in [-0.39, 0.29) is 16.6 Å². The Labute approximate surface area is 158 Å². The SMILES string of the molecule is CNc1cc(NS(=O)(=O)c2ccc(NC(C)=O)cc2)nc(N2CCCC2)n1. The molecule has 0 radical (unpaired) electrons. The Hall–Kier alpha value is -2.88. The summed E-state index contributed by atoms with van der Waals surface area (Å²) >= 11 is 0. The van der Waals surface area contributed by atoms with E-state index in [2.05, 4.69) is 25.3 Å². The third-order valence-corrected chi connectivity index (χ3v) is 5.45. The zero-order valence-corrected chi connectivity index (χ0v) is 16.0. The summed E-state index contributed by atoms with van der Waals surface area (Å²) in [5.41, 5.74) is 0.525. The van der Waals surface area contributed by atoms with Gasteiger partial charge in [-0.25, -0.2) is 8.42 Å². The van der Waals surface area contributed by atoms with Gasteiger partial charge in [-0.1, -0.05) is 0 Å². The van der Waals surface area contributed by atoms with Crippen LogP contribution in [0, 0.1) is 0 Å². The molecule has 2 heterocycles. The van der Waals surface area contributed by atoms with Gasteiger partial charge in [0.25, 0.3) is 10.0 Å². The molecule has 1 aliphatic rings. The third kappa shape index (κ3) is 4.64. The minimum Gasteiger partial charge on any atom is -0.373 e. The number of carbonyl (C=O) groups is 1. The second-order valence-electron chi connectivity index (χ2n) is 6.19. The van der Waals surface area contributed by atoms with Gasteiger partial charge in [0.05, 0.1) is 4.90 Å². The summed E-state index contributed by atoms with van der Waals surface area (Å²) in [7, 11) is -2.11. The van der Waals surface area contributed by atoms with Gasteiger partial charge >= 0.3 is 0 Å². The topological polar surface area (TPSA) is 116 Å². The van der Waals surface area contributed by atoms with Crippen molar-refractivity contribution in [3.05, 3.63) is 30.3 Å². The molecule has 3 rings (SSSR count). The molecular formula is C17H22N6O3S. The van der Waals surface area contributed by atoms with Gasteiger partial charge in [-0.2, -0.15) is 9.97 Å². The molecule has 1 aliphatic heterocycles.